The standard InChI is InChI=1S/C30H38N2O5/c1-21-9-14-28-25(17-21)19-26(30(34)37-28)18-24(29(33)31-35)8-6-7-23-10-12-27(13-11-23)36-20-22(2)32-15-4-3-5-16-32/h9-14,17,19,22,24,35H,3-8,15-16,18,20H2,1-2H3,(H,31,33). The summed E-state index contributed by atoms with van der Waals surface area (Å²) >= 11 is 0. The Kier molecular flexibility index (Phi) is 9.36. The van der Waals surface area contributed by atoms with Crippen molar-refractivity contribution >= 4 is 16.9 Å². The minimum atomic E-state index is -0.533. The van der Waals surface area contributed by atoms with Gasteiger partial charge in [-0.25, -0.2) is 10.3 Å². The molecule has 1 aliphatic heterocycles. The fourth-order valence-corrected chi connectivity index (χ4v) is 5.10. The van der Waals surface area contributed by atoms with Crippen molar-refractivity contribution in [1.82, 2.24) is 10.4 Å². The number of hydrogen-bond acceptors (Lipinski definition) is 6. The van der Waals surface area contributed by atoms with Crippen LogP contribution in [0.3, 0.4) is 0 Å². The normalized spacial score (nSPS) is 15.9. The SMILES string of the molecule is Cc1ccc2oc(=O)c(CC(CCCc3ccc(OCC(C)N4CCCCC4)cc3)C(=O)NO)cc2c1. The van der Waals surface area contributed by atoms with E-state index in [1.54, 1.807) is 17.6 Å². The lowest BCUT2D eigenvalue weighted by molar-refractivity contribution is -0.133. The maximum absolute atomic E-state index is 12.5. The second-order valence-corrected chi connectivity index (χ2v) is 10.3. The molecule has 0 radical (unpaired) electrons. The van der Waals surface area contributed by atoms with Crippen LogP contribution in [-0.2, 0) is 17.6 Å². The molecular weight excluding hydrogens is 468 g/mol. The molecule has 7 nitrogen and oxygen atoms in total. The first-order chi connectivity index (χ1) is 17.9. The third-order valence-corrected chi connectivity index (χ3v) is 7.35. The first-order valence-electron chi connectivity index (χ1n) is 13.4. The Bertz CT molecular complexity index is 1230. The van der Waals surface area contributed by atoms with Crippen LogP contribution in [0, 0.1) is 12.8 Å². The number of ether oxygens (including phenoxy) is 1. The molecular formula is C30H38N2O5. The molecule has 2 unspecified atom stereocenters. The Morgan fingerprint density at radius 2 is 1.86 bits per heavy atom. The van der Waals surface area contributed by atoms with Gasteiger partial charge in [0.15, 0.2) is 0 Å². The van der Waals surface area contributed by atoms with Crippen molar-refractivity contribution in [3.8, 4) is 5.75 Å². The summed E-state index contributed by atoms with van der Waals surface area (Å²) in [5.41, 5.74) is 4.49. The average molecular weight is 507 g/mol. The van der Waals surface area contributed by atoms with E-state index in [-0.39, 0.29) is 6.42 Å². The molecule has 2 aromatic carbocycles. The number of rotatable bonds is 11. The largest absolute Gasteiger partial charge is 0.492 e. The van der Waals surface area contributed by atoms with Crippen molar-refractivity contribution in [2.24, 2.45) is 5.92 Å². The van der Waals surface area contributed by atoms with Gasteiger partial charge in [0.05, 0.1) is 0 Å². The van der Waals surface area contributed by atoms with Gasteiger partial charge in [-0.05, 0) is 101 Å². The number of amides is 1. The van der Waals surface area contributed by atoms with Gasteiger partial charge in [-0.1, -0.05) is 30.2 Å². The molecule has 1 fully saturated rings. The van der Waals surface area contributed by atoms with Crippen LogP contribution in [0.4, 0.5) is 0 Å². The molecule has 0 bridgehead atoms. The Balaban J connectivity index is 1.30. The first-order valence-corrected chi connectivity index (χ1v) is 13.4. The van der Waals surface area contributed by atoms with Gasteiger partial charge in [0.25, 0.3) is 0 Å². The molecule has 1 aromatic heterocycles. The van der Waals surface area contributed by atoms with Crippen LogP contribution in [0.1, 0.15) is 55.7 Å². The van der Waals surface area contributed by atoms with E-state index in [4.69, 9.17) is 9.15 Å². The molecule has 4 rings (SSSR count). The fraction of sp³-hybridized carbons (Fsp3) is 0.467. The molecule has 3 aromatic rings. The molecule has 1 aliphatic rings. The second-order valence-electron chi connectivity index (χ2n) is 10.3. The Morgan fingerprint density at radius 1 is 1.11 bits per heavy atom. The molecule has 0 spiro atoms. The molecule has 2 heterocycles. The van der Waals surface area contributed by atoms with Crippen LogP contribution in [0.2, 0.25) is 0 Å². The van der Waals surface area contributed by atoms with Crippen LogP contribution in [0.25, 0.3) is 11.0 Å². The topological polar surface area (TPSA) is 92.0 Å². The number of benzene rings is 2. The summed E-state index contributed by atoms with van der Waals surface area (Å²) in [5.74, 6) is -0.159. The van der Waals surface area contributed by atoms with Gasteiger partial charge in [0, 0.05) is 22.9 Å². The highest BCUT2D eigenvalue weighted by Gasteiger charge is 2.21. The smallest absolute Gasteiger partial charge is 0.339 e. The van der Waals surface area contributed by atoms with Crippen molar-refractivity contribution in [2.75, 3.05) is 19.7 Å². The van der Waals surface area contributed by atoms with Crippen LogP contribution in [-0.4, -0.2) is 41.8 Å². The first kappa shape index (κ1) is 26.9. The number of carbonyl (C=O) groups is 1. The maximum atomic E-state index is 12.5. The van der Waals surface area contributed by atoms with Crippen LogP contribution < -0.4 is 15.8 Å². The fourth-order valence-electron chi connectivity index (χ4n) is 5.10. The summed E-state index contributed by atoms with van der Waals surface area (Å²) in [6.45, 7) is 7.19. The molecule has 7 heteroatoms. The van der Waals surface area contributed by atoms with Gasteiger partial charge in [0.2, 0.25) is 5.91 Å². The van der Waals surface area contributed by atoms with E-state index in [1.807, 2.05) is 31.2 Å². The molecule has 0 saturated carbocycles. The summed E-state index contributed by atoms with van der Waals surface area (Å²) in [5, 5.41) is 10.1. The molecule has 198 valence electrons. The van der Waals surface area contributed by atoms with Crippen molar-refractivity contribution in [3.63, 3.8) is 0 Å². The second kappa shape index (κ2) is 12.9. The summed E-state index contributed by atoms with van der Waals surface area (Å²) < 4.78 is 11.5. The summed E-state index contributed by atoms with van der Waals surface area (Å²) in [6.07, 6.45) is 6.14. The van der Waals surface area contributed by atoms with Gasteiger partial charge >= 0.3 is 5.63 Å². The van der Waals surface area contributed by atoms with Crippen LogP contribution in [0.15, 0.2) is 57.7 Å². The lowest BCUT2D eigenvalue weighted by atomic mass is 9.92. The van der Waals surface area contributed by atoms with E-state index in [9.17, 15) is 14.8 Å². The van der Waals surface area contributed by atoms with Gasteiger partial charge in [-0.2, -0.15) is 0 Å². The van der Waals surface area contributed by atoms with E-state index in [0.29, 0.717) is 30.2 Å². The highest BCUT2D eigenvalue weighted by atomic mass is 16.5. The summed E-state index contributed by atoms with van der Waals surface area (Å²) in [7, 11) is 0. The Labute approximate surface area is 218 Å². The zero-order valence-electron chi connectivity index (χ0n) is 21.9. The average Bonchev–Trinajstić information content (AvgIpc) is 2.92. The maximum Gasteiger partial charge on any atom is 0.339 e. The van der Waals surface area contributed by atoms with Crippen molar-refractivity contribution in [2.45, 2.75) is 64.8 Å². The summed E-state index contributed by atoms with van der Waals surface area (Å²) in [6, 6.07) is 15.9. The van der Waals surface area contributed by atoms with Crippen molar-refractivity contribution in [1.29, 1.82) is 0 Å². The zero-order chi connectivity index (χ0) is 26.2. The Hall–Kier alpha value is -3.16. The number of carbonyl (C=O) groups excluding carboxylic acids is 1. The van der Waals surface area contributed by atoms with Gasteiger partial charge < -0.3 is 9.15 Å². The monoisotopic (exact) mass is 506 g/mol. The minimum absolute atomic E-state index is 0.209. The van der Waals surface area contributed by atoms with Crippen LogP contribution in [0.5, 0.6) is 5.75 Å². The predicted octanol–water partition coefficient (Wildman–Crippen LogP) is 5.04. The van der Waals surface area contributed by atoms with Gasteiger partial charge in [0.1, 0.15) is 17.9 Å². The highest BCUT2D eigenvalue weighted by molar-refractivity contribution is 5.79. The van der Waals surface area contributed by atoms with Crippen LogP contribution >= 0.6 is 0 Å². The summed E-state index contributed by atoms with van der Waals surface area (Å²) in [4.78, 5) is 27.4. The van der Waals surface area contributed by atoms with E-state index >= 15 is 0 Å². The molecule has 2 N–H and O–H groups in total. The number of nitrogens with zero attached hydrogens (tertiary/aromatic N) is 1. The third-order valence-electron chi connectivity index (χ3n) is 7.35. The van der Waals surface area contributed by atoms with Crippen molar-refractivity contribution < 1.29 is 19.2 Å². The quantitative estimate of drug-likeness (QED) is 0.215. The number of hydrogen-bond donors (Lipinski definition) is 2. The number of hydroxylamine groups is 1. The van der Waals surface area contributed by atoms with Crippen molar-refractivity contribution in [3.05, 3.63) is 75.6 Å². The van der Waals surface area contributed by atoms with Gasteiger partial charge in [-0.3, -0.25) is 14.9 Å². The molecule has 1 saturated heterocycles. The number of piperidine rings is 1. The lowest BCUT2D eigenvalue weighted by Gasteiger charge is -2.32. The third kappa shape index (κ3) is 7.43. The number of likely N-dealkylation sites (tertiary alicyclic amines) is 1. The van der Waals surface area contributed by atoms with Gasteiger partial charge in [-0.15, -0.1) is 0 Å². The predicted molar refractivity (Wildman–Crippen MR) is 144 cm³/mol. The van der Waals surface area contributed by atoms with E-state index < -0.39 is 17.5 Å². The molecule has 1 amide bonds. The molecule has 2 atom stereocenters. The van der Waals surface area contributed by atoms with E-state index in [0.717, 1.165) is 48.2 Å². The minimum Gasteiger partial charge on any atom is -0.492 e. The number of fused-ring (bicyclic) bond motifs is 1. The molecule has 0 aliphatic carbocycles. The lowest BCUT2D eigenvalue weighted by Crippen LogP contribution is -2.40. The van der Waals surface area contributed by atoms with E-state index in [1.165, 1.54) is 19.3 Å². The molecule has 37 heavy (non-hydrogen) atoms. The van der Waals surface area contributed by atoms with E-state index in [2.05, 4.69) is 24.0 Å². The Morgan fingerprint density at radius 3 is 2.59 bits per heavy atom. The zero-order valence-corrected chi connectivity index (χ0v) is 21.9. The number of aryl methyl sites for hydroxylation is 2. The highest BCUT2D eigenvalue weighted by Crippen LogP contribution is 2.21. The number of nitrogens with one attached hydrogen (secondary N) is 1.